The predicted octanol–water partition coefficient (Wildman–Crippen LogP) is 2.70. The summed E-state index contributed by atoms with van der Waals surface area (Å²) in [5, 5.41) is 0.0130. The Morgan fingerprint density at radius 2 is 2.00 bits per heavy atom. The Morgan fingerprint density at radius 3 is 2.67 bits per heavy atom. The molecule has 1 saturated carbocycles. The van der Waals surface area contributed by atoms with E-state index in [1.807, 2.05) is 0 Å². The third-order valence-electron chi connectivity index (χ3n) is 3.70. The first-order valence-corrected chi connectivity index (χ1v) is 8.47. The molecule has 120 valence electrons. The van der Waals surface area contributed by atoms with Crippen molar-refractivity contribution in [1.82, 2.24) is 4.72 Å². The van der Waals surface area contributed by atoms with Crippen molar-refractivity contribution < 1.29 is 12.8 Å². The first kappa shape index (κ1) is 18.6. The lowest BCUT2D eigenvalue weighted by Gasteiger charge is -2.31. The maximum absolute atomic E-state index is 13.2. The van der Waals surface area contributed by atoms with E-state index in [1.54, 1.807) is 0 Å². The van der Waals surface area contributed by atoms with Crippen LogP contribution in [0.4, 0.5) is 4.39 Å². The number of benzene rings is 1. The molecule has 8 heteroatoms. The quantitative estimate of drug-likeness (QED) is 0.870. The third-order valence-corrected chi connectivity index (χ3v) is 5.67. The van der Waals surface area contributed by atoms with Crippen molar-refractivity contribution in [2.75, 3.05) is 6.54 Å². The van der Waals surface area contributed by atoms with Crippen molar-refractivity contribution in [3.63, 3.8) is 0 Å². The van der Waals surface area contributed by atoms with Crippen LogP contribution in [0.1, 0.15) is 25.7 Å². The highest BCUT2D eigenvalue weighted by molar-refractivity contribution is 7.89. The summed E-state index contributed by atoms with van der Waals surface area (Å²) in [7, 11) is -3.83. The zero-order chi connectivity index (χ0) is 14.8. The normalized spacial score (nSPS) is 22.6. The topological polar surface area (TPSA) is 72.2 Å². The van der Waals surface area contributed by atoms with Gasteiger partial charge in [0.1, 0.15) is 10.7 Å². The number of nitrogens with one attached hydrogen (secondary N) is 1. The number of halogens is 3. The van der Waals surface area contributed by atoms with E-state index in [9.17, 15) is 12.8 Å². The number of sulfonamides is 1. The Bertz CT molecular complexity index is 584. The average molecular weight is 357 g/mol. The molecule has 2 unspecified atom stereocenters. The zero-order valence-corrected chi connectivity index (χ0v) is 13.8. The monoisotopic (exact) mass is 356 g/mol. The molecule has 0 spiro atoms. The fraction of sp³-hybridized carbons (Fsp3) is 0.538. The molecular weight excluding hydrogens is 338 g/mol. The molecule has 3 N–H and O–H groups in total. The van der Waals surface area contributed by atoms with Crippen molar-refractivity contribution in [3.05, 3.63) is 29.0 Å². The highest BCUT2D eigenvalue weighted by Crippen LogP contribution is 2.27. The minimum Gasteiger partial charge on any atom is -0.330 e. The minimum atomic E-state index is -3.83. The van der Waals surface area contributed by atoms with Crippen LogP contribution in [0.3, 0.4) is 0 Å². The Balaban J connectivity index is 0.00000220. The molecule has 21 heavy (non-hydrogen) atoms. The van der Waals surface area contributed by atoms with Crippen LogP contribution in [0, 0.1) is 11.7 Å². The number of hydrogen-bond acceptors (Lipinski definition) is 3. The maximum Gasteiger partial charge on any atom is 0.242 e. The van der Waals surface area contributed by atoms with Crippen LogP contribution in [-0.2, 0) is 10.0 Å². The molecule has 4 nitrogen and oxygen atoms in total. The number of rotatable bonds is 4. The molecule has 0 aliphatic heterocycles. The van der Waals surface area contributed by atoms with Crippen LogP contribution in [0.2, 0.25) is 5.02 Å². The van der Waals surface area contributed by atoms with Crippen LogP contribution in [0.25, 0.3) is 0 Å². The van der Waals surface area contributed by atoms with Gasteiger partial charge < -0.3 is 5.73 Å². The fourth-order valence-corrected chi connectivity index (χ4v) is 4.44. The summed E-state index contributed by atoms with van der Waals surface area (Å²) in [4.78, 5) is -0.222. The van der Waals surface area contributed by atoms with Crippen molar-refractivity contribution in [3.8, 4) is 0 Å². The van der Waals surface area contributed by atoms with Gasteiger partial charge in [-0.2, -0.15) is 0 Å². The van der Waals surface area contributed by atoms with Crippen LogP contribution >= 0.6 is 24.0 Å². The number of hydrogen-bond donors (Lipinski definition) is 2. The first-order chi connectivity index (χ1) is 9.44. The Morgan fingerprint density at radius 1 is 1.33 bits per heavy atom. The van der Waals surface area contributed by atoms with Gasteiger partial charge in [-0.3, -0.25) is 0 Å². The lowest BCUT2D eigenvalue weighted by atomic mass is 9.85. The van der Waals surface area contributed by atoms with Crippen LogP contribution in [0.15, 0.2) is 23.1 Å². The summed E-state index contributed by atoms with van der Waals surface area (Å²) < 4.78 is 40.5. The van der Waals surface area contributed by atoms with Gasteiger partial charge >= 0.3 is 0 Å². The average Bonchev–Trinajstić information content (AvgIpc) is 2.41. The van der Waals surface area contributed by atoms with Gasteiger partial charge in [0.05, 0.1) is 5.02 Å². The molecule has 0 heterocycles. The molecule has 1 aliphatic carbocycles. The fourth-order valence-electron chi connectivity index (χ4n) is 2.59. The standard InChI is InChI=1S/C13H18ClFN2O2S.ClH/c14-11-6-5-10(15)7-13(11)20(18,19)17-12-4-2-1-3-9(12)8-16;/h5-7,9,12,17H,1-4,8,16H2;1H. The minimum absolute atomic E-state index is 0. The van der Waals surface area contributed by atoms with Crippen molar-refractivity contribution >= 4 is 34.0 Å². The Hall–Kier alpha value is -0.400. The molecule has 1 aliphatic rings. The second-order valence-electron chi connectivity index (χ2n) is 5.08. The van der Waals surface area contributed by atoms with Gasteiger partial charge in [-0.1, -0.05) is 24.4 Å². The van der Waals surface area contributed by atoms with Gasteiger partial charge in [0.25, 0.3) is 0 Å². The lowest BCUT2D eigenvalue weighted by molar-refractivity contribution is 0.296. The summed E-state index contributed by atoms with van der Waals surface area (Å²) in [6.07, 6.45) is 3.66. The maximum atomic E-state index is 13.2. The largest absolute Gasteiger partial charge is 0.330 e. The molecule has 1 aromatic rings. The van der Waals surface area contributed by atoms with Gasteiger partial charge in [-0.25, -0.2) is 17.5 Å². The van der Waals surface area contributed by atoms with E-state index in [0.29, 0.717) is 6.54 Å². The van der Waals surface area contributed by atoms with Crippen LogP contribution < -0.4 is 10.5 Å². The molecule has 0 bridgehead atoms. The third kappa shape index (κ3) is 4.53. The van der Waals surface area contributed by atoms with Gasteiger partial charge in [0.2, 0.25) is 10.0 Å². The molecule has 1 fully saturated rings. The van der Waals surface area contributed by atoms with E-state index in [1.165, 1.54) is 6.07 Å². The molecule has 0 radical (unpaired) electrons. The SMILES string of the molecule is Cl.NCC1CCCCC1NS(=O)(=O)c1cc(F)ccc1Cl. The second kappa shape index (κ2) is 7.74. The van der Waals surface area contributed by atoms with Gasteiger partial charge in [0.15, 0.2) is 0 Å². The van der Waals surface area contributed by atoms with Crippen molar-refractivity contribution in [1.29, 1.82) is 0 Å². The molecule has 0 saturated heterocycles. The Kier molecular flexibility index (Phi) is 6.87. The van der Waals surface area contributed by atoms with E-state index in [4.69, 9.17) is 17.3 Å². The highest BCUT2D eigenvalue weighted by Gasteiger charge is 2.29. The van der Waals surface area contributed by atoms with E-state index >= 15 is 0 Å². The zero-order valence-electron chi connectivity index (χ0n) is 11.4. The van der Waals surface area contributed by atoms with Gasteiger partial charge in [-0.05, 0) is 43.5 Å². The smallest absolute Gasteiger partial charge is 0.242 e. The second-order valence-corrected chi connectivity index (χ2v) is 7.17. The van der Waals surface area contributed by atoms with E-state index in [0.717, 1.165) is 37.8 Å². The predicted molar refractivity (Wildman–Crippen MR) is 83.8 cm³/mol. The van der Waals surface area contributed by atoms with Crippen LogP contribution in [0.5, 0.6) is 0 Å². The first-order valence-electron chi connectivity index (χ1n) is 6.61. The van der Waals surface area contributed by atoms with E-state index in [2.05, 4.69) is 4.72 Å². The van der Waals surface area contributed by atoms with Gasteiger partial charge in [0, 0.05) is 6.04 Å². The van der Waals surface area contributed by atoms with Crippen LogP contribution in [-0.4, -0.2) is 21.0 Å². The van der Waals surface area contributed by atoms with E-state index in [-0.39, 0.29) is 34.3 Å². The molecule has 1 aromatic carbocycles. The molecule has 0 aromatic heterocycles. The van der Waals surface area contributed by atoms with Gasteiger partial charge in [-0.15, -0.1) is 12.4 Å². The molecule has 0 amide bonds. The Labute approximate surface area is 135 Å². The highest BCUT2D eigenvalue weighted by atomic mass is 35.5. The molecule has 2 rings (SSSR count). The van der Waals surface area contributed by atoms with Crippen molar-refractivity contribution in [2.24, 2.45) is 11.7 Å². The summed E-state index contributed by atoms with van der Waals surface area (Å²) in [5.41, 5.74) is 5.68. The summed E-state index contributed by atoms with van der Waals surface area (Å²) >= 11 is 5.86. The lowest BCUT2D eigenvalue weighted by Crippen LogP contribution is -2.44. The molecular formula is C13H19Cl2FN2O2S. The number of nitrogens with two attached hydrogens (primary N) is 1. The summed E-state index contributed by atoms with van der Waals surface area (Å²) in [6.45, 7) is 0.435. The molecule has 2 atom stereocenters. The summed E-state index contributed by atoms with van der Waals surface area (Å²) in [6, 6.07) is 3.10. The summed E-state index contributed by atoms with van der Waals surface area (Å²) in [5.74, 6) is -0.514. The van der Waals surface area contributed by atoms with Crippen molar-refractivity contribution in [2.45, 2.75) is 36.6 Å². The van der Waals surface area contributed by atoms with E-state index < -0.39 is 15.8 Å².